The van der Waals surface area contributed by atoms with E-state index in [9.17, 15) is 0 Å². The van der Waals surface area contributed by atoms with Crippen LogP contribution in [-0.2, 0) is 0 Å². The third-order valence-corrected chi connectivity index (χ3v) is 5.88. The van der Waals surface area contributed by atoms with Gasteiger partial charge in [0.15, 0.2) is 0 Å². The maximum absolute atomic E-state index is 4.38. The van der Waals surface area contributed by atoms with Gasteiger partial charge in [-0.05, 0) is 41.4 Å². The van der Waals surface area contributed by atoms with Gasteiger partial charge in [0.2, 0.25) is 0 Å². The second-order valence-corrected chi connectivity index (χ2v) is 7.91. The lowest BCUT2D eigenvalue weighted by Crippen LogP contribution is -2.44. The molecule has 0 aliphatic heterocycles. The van der Waals surface area contributed by atoms with Crippen molar-refractivity contribution in [2.75, 3.05) is 0 Å². The predicted octanol–water partition coefficient (Wildman–Crippen LogP) is 6.71. The Kier molecular flexibility index (Phi) is 6.86. The van der Waals surface area contributed by atoms with E-state index in [4.69, 9.17) is 0 Å². The van der Waals surface area contributed by atoms with E-state index in [2.05, 4.69) is 68.9 Å². The van der Waals surface area contributed by atoms with Gasteiger partial charge in [0.05, 0.1) is 0 Å². The van der Waals surface area contributed by atoms with Crippen molar-refractivity contribution in [3.05, 3.63) is 12.2 Å². The van der Waals surface area contributed by atoms with Crippen molar-refractivity contribution in [1.29, 1.82) is 0 Å². The summed E-state index contributed by atoms with van der Waals surface area (Å²) in [6, 6.07) is 0. The van der Waals surface area contributed by atoms with Crippen molar-refractivity contribution in [1.82, 2.24) is 0 Å². The highest BCUT2D eigenvalue weighted by Crippen LogP contribution is 2.52. The first-order valence-corrected chi connectivity index (χ1v) is 8.22. The molecule has 0 heterocycles. The first kappa shape index (κ1) is 18.7. The molecule has 0 amide bonds. The highest BCUT2D eigenvalue weighted by Gasteiger charge is 2.45. The molecular formula is C19H38. The average Bonchev–Trinajstić information content (AvgIpc) is 2.32. The van der Waals surface area contributed by atoms with Crippen LogP contribution in [0.4, 0.5) is 0 Å². The Labute approximate surface area is 123 Å². The fraction of sp³-hybridized carbons (Fsp3) is 0.895. The van der Waals surface area contributed by atoms with Crippen molar-refractivity contribution >= 4 is 0 Å². The van der Waals surface area contributed by atoms with Gasteiger partial charge in [-0.25, -0.2) is 0 Å². The molecule has 0 radical (unpaired) electrons. The van der Waals surface area contributed by atoms with Crippen LogP contribution in [0.5, 0.6) is 0 Å². The minimum atomic E-state index is 0.321. The highest BCUT2D eigenvalue weighted by molar-refractivity contribution is 5.07. The maximum Gasteiger partial charge on any atom is -0.0172 e. The van der Waals surface area contributed by atoms with Gasteiger partial charge in [-0.15, -0.1) is 0 Å². The normalized spacial score (nSPS) is 17.9. The van der Waals surface area contributed by atoms with Gasteiger partial charge >= 0.3 is 0 Å². The molecule has 0 saturated heterocycles. The van der Waals surface area contributed by atoms with Crippen LogP contribution >= 0.6 is 0 Å². The lowest BCUT2D eigenvalue weighted by atomic mass is 9.54. The zero-order valence-corrected chi connectivity index (χ0v) is 15.1. The summed E-state index contributed by atoms with van der Waals surface area (Å²) in [6.07, 6.45) is 3.60. The van der Waals surface area contributed by atoms with Crippen molar-refractivity contribution in [2.45, 2.75) is 81.6 Å². The Morgan fingerprint density at radius 2 is 1.42 bits per heavy atom. The first-order chi connectivity index (χ1) is 8.54. The molecular weight excluding hydrogens is 228 g/mol. The molecule has 0 aromatic heterocycles. The van der Waals surface area contributed by atoms with Crippen LogP contribution in [0.25, 0.3) is 0 Å². The lowest BCUT2D eigenvalue weighted by molar-refractivity contribution is -0.00646. The standard InChI is InChI=1S/C19H38/c1-11-14(4)16(13-3)17(15(5)12-2)19(9,10)18(6,7)8/h15-17H,4,11-13H2,1-3,5-10H3. The summed E-state index contributed by atoms with van der Waals surface area (Å²) < 4.78 is 0. The predicted molar refractivity (Wildman–Crippen MR) is 89.4 cm³/mol. The van der Waals surface area contributed by atoms with Crippen LogP contribution in [0.15, 0.2) is 12.2 Å². The van der Waals surface area contributed by atoms with E-state index >= 15 is 0 Å². The molecule has 0 N–H and O–H groups in total. The summed E-state index contributed by atoms with van der Waals surface area (Å²) in [5, 5.41) is 0. The van der Waals surface area contributed by atoms with E-state index in [-0.39, 0.29) is 0 Å². The summed E-state index contributed by atoms with van der Waals surface area (Å²) in [4.78, 5) is 0. The van der Waals surface area contributed by atoms with Crippen LogP contribution in [0.2, 0.25) is 0 Å². The molecule has 114 valence electrons. The quantitative estimate of drug-likeness (QED) is 0.449. The molecule has 3 atom stereocenters. The summed E-state index contributed by atoms with van der Waals surface area (Å²) in [5.41, 5.74) is 2.09. The van der Waals surface area contributed by atoms with E-state index in [1.54, 1.807) is 0 Å². The summed E-state index contributed by atoms with van der Waals surface area (Å²) >= 11 is 0. The second kappa shape index (κ2) is 6.95. The molecule has 0 aliphatic carbocycles. The smallest absolute Gasteiger partial charge is 0.0172 e. The van der Waals surface area contributed by atoms with Crippen molar-refractivity contribution < 1.29 is 0 Å². The Morgan fingerprint density at radius 1 is 0.947 bits per heavy atom. The molecule has 0 nitrogen and oxygen atoms in total. The molecule has 0 spiro atoms. The zero-order valence-electron chi connectivity index (χ0n) is 15.1. The van der Waals surface area contributed by atoms with E-state index in [1.807, 2.05) is 0 Å². The molecule has 0 heteroatoms. The van der Waals surface area contributed by atoms with E-state index < -0.39 is 0 Å². The fourth-order valence-electron chi connectivity index (χ4n) is 3.42. The van der Waals surface area contributed by atoms with Crippen LogP contribution < -0.4 is 0 Å². The van der Waals surface area contributed by atoms with Gasteiger partial charge in [0, 0.05) is 0 Å². The molecule has 0 fully saturated rings. The topological polar surface area (TPSA) is 0 Å². The average molecular weight is 267 g/mol. The summed E-state index contributed by atoms with van der Waals surface area (Å²) in [5.74, 6) is 2.13. The molecule has 0 rings (SSSR count). The van der Waals surface area contributed by atoms with Crippen LogP contribution in [0.3, 0.4) is 0 Å². The Balaban J connectivity index is 5.62. The fourth-order valence-corrected chi connectivity index (χ4v) is 3.42. The van der Waals surface area contributed by atoms with Gasteiger partial charge in [0.1, 0.15) is 0 Å². The third-order valence-electron chi connectivity index (χ3n) is 5.88. The molecule has 3 unspecified atom stereocenters. The number of rotatable bonds is 7. The van der Waals surface area contributed by atoms with Gasteiger partial charge in [-0.3, -0.25) is 0 Å². The molecule has 0 bridgehead atoms. The van der Waals surface area contributed by atoms with Gasteiger partial charge in [-0.2, -0.15) is 0 Å². The second-order valence-electron chi connectivity index (χ2n) is 7.91. The summed E-state index contributed by atoms with van der Waals surface area (Å²) in [6.45, 7) is 25.8. The molecule has 0 saturated carbocycles. The highest BCUT2D eigenvalue weighted by atomic mass is 14.5. The maximum atomic E-state index is 4.38. The van der Waals surface area contributed by atoms with Crippen LogP contribution in [-0.4, -0.2) is 0 Å². The van der Waals surface area contributed by atoms with Gasteiger partial charge in [-0.1, -0.05) is 80.9 Å². The molecule has 0 aliphatic rings. The largest absolute Gasteiger partial charge is 0.0996 e. The molecule has 0 aromatic rings. The van der Waals surface area contributed by atoms with E-state index in [1.165, 1.54) is 18.4 Å². The van der Waals surface area contributed by atoms with Gasteiger partial charge in [0.25, 0.3) is 0 Å². The summed E-state index contributed by atoms with van der Waals surface area (Å²) in [7, 11) is 0. The van der Waals surface area contributed by atoms with E-state index in [0.717, 1.165) is 18.3 Å². The Hall–Kier alpha value is -0.260. The van der Waals surface area contributed by atoms with Crippen LogP contribution in [0, 0.1) is 28.6 Å². The number of allylic oxidation sites excluding steroid dienone is 1. The molecule has 19 heavy (non-hydrogen) atoms. The lowest BCUT2D eigenvalue weighted by Gasteiger charge is -2.51. The van der Waals surface area contributed by atoms with Crippen LogP contribution in [0.1, 0.15) is 81.6 Å². The molecule has 0 aromatic carbocycles. The Morgan fingerprint density at radius 3 is 1.68 bits per heavy atom. The van der Waals surface area contributed by atoms with Crippen molar-refractivity contribution in [3.63, 3.8) is 0 Å². The monoisotopic (exact) mass is 266 g/mol. The minimum absolute atomic E-state index is 0.321. The Bertz CT molecular complexity index is 277. The number of hydrogen-bond donors (Lipinski definition) is 0. The third kappa shape index (κ3) is 4.10. The van der Waals surface area contributed by atoms with Crippen molar-refractivity contribution in [2.24, 2.45) is 28.6 Å². The number of hydrogen-bond acceptors (Lipinski definition) is 0. The van der Waals surface area contributed by atoms with Gasteiger partial charge < -0.3 is 0 Å². The van der Waals surface area contributed by atoms with E-state index in [0.29, 0.717) is 16.7 Å². The SMILES string of the molecule is C=C(CC)C(CC)C(C(C)CC)C(C)(C)C(C)(C)C. The zero-order chi connectivity index (χ0) is 15.4. The van der Waals surface area contributed by atoms with Crippen molar-refractivity contribution in [3.8, 4) is 0 Å². The first-order valence-electron chi connectivity index (χ1n) is 8.22. The minimum Gasteiger partial charge on any atom is -0.0996 e.